The molecular weight excluding hydrogens is 240 g/mol. The Bertz CT molecular complexity index is 646. The van der Waals surface area contributed by atoms with Crippen LogP contribution < -0.4 is 5.73 Å². The minimum Gasteiger partial charge on any atom is -0.366 e. The Kier molecular flexibility index (Phi) is 2.78. The SMILES string of the molecule is CN1CCC(c2nc3c(C(N)=O)cccc3n2C)C1. The molecule has 19 heavy (non-hydrogen) atoms. The molecule has 0 bridgehead atoms. The monoisotopic (exact) mass is 258 g/mol. The van der Waals surface area contributed by atoms with Crippen LogP contribution in [0.1, 0.15) is 28.5 Å². The highest BCUT2D eigenvalue weighted by Crippen LogP contribution is 2.29. The third-order valence-corrected chi connectivity index (χ3v) is 3.97. The second-order valence-electron chi connectivity index (χ2n) is 5.31. The predicted octanol–water partition coefficient (Wildman–Crippen LogP) is 1.09. The highest BCUT2D eigenvalue weighted by Gasteiger charge is 2.26. The Morgan fingerprint density at radius 2 is 2.21 bits per heavy atom. The van der Waals surface area contributed by atoms with E-state index in [1.807, 2.05) is 19.2 Å². The van der Waals surface area contributed by atoms with Gasteiger partial charge in [0.05, 0.1) is 11.1 Å². The van der Waals surface area contributed by atoms with Crippen LogP contribution in [0.3, 0.4) is 0 Å². The highest BCUT2D eigenvalue weighted by atomic mass is 16.1. The molecule has 0 radical (unpaired) electrons. The molecule has 1 aliphatic rings. The molecule has 3 rings (SSSR count). The summed E-state index contributed by atoms with van der Waals surface area (Å²) in [6.45, 7) is 2.11. The summed E-state index contributed by atoms with van der Waals surface area (Å²) in [5.41, 5.74) is 7.62. The number of aromatic nitrogens is 2. The lowest BCUT2D eigenvalue weighted by Gasteiger charge is -2.10. The first-order valence-corrected chi connectivity index (χ1v) is 6.51. The van der Waals surface area contributed by atoms with Crippen LogP contribution in [0.15, 0.2) is 18.2 Å². The lowest BCUT2D eigenvalue weighted by molar-refractivity contribution is 0.100. The number of aryl methyl sites for hydroxylation is 1. The Hall–Kier alpha value is -1.88. The molecule has 2 heterocycles. The smallest absolute Gasteiger partial charge is 0.250 e. The maximum Gasteiger partial charge on any atom is 0.250 e. The van der Waals surface area contributed by atoms with Crippen LogP contribution in [0.25, 0.3) is 11.0 Å². The maximum absolute atomic E-state index is 11.5. The molecule has 1 atom stereocenters. The number of benzene rings is 1. The number of likely N-dealkylation sites (tertiary alicyclic amines) is 1. The summed E-state index contributed by atoms with van der Waals surface area (Å²) in [7, 11) is 4.13. The van der Waals surface area contributed by atoms with E-state index in [9.17, 15) is 4.79 Å². The summed E-state index contributed by atoms with van der Waals surface area (Å²) in [6.07, 6.45) is 1.11. The molecule has 1 aliphatic heterocycles. The van der Waals surface area contributed by atoms with Crippen molar-refractivity contribution in [3.05, 3.63) is 29.6 Å². The minimum atomic E-state index is -0.418. The number of carbonyl (C=O) groups excluding carboxylic acids is 1. The van der Waals surface area contributed by atoms with Crippen molar-refractivity contribution in [2.24, 2.45) is 12.8 Å². The minimum absolute atomic E-state index is 0.418. The van der Waals surface area contributed by atoms with Crippen LogP contribution in [0, 0.1) is 0 Å². The standard InChI is InChI=1S/C14H18N4O/c1-17-7-6-9(8-17)14-16-12-10(13(15)19)4-3-5-11(12)18(14)2/h3-5,9H,6-8H2,1-2H3,(H2,15,19). The molecule has 2 N–H and O–H groups in total. The van der Waals surface area contributed by atoms with Crippen LogP contribution in [-0.2, 0) is 7.05 Å². The van der Waals surface area contributed by atoms with E-state index in [2.05, 4.69) is 21.5 Å². The molecule has 5 nitrogen and oxygen atoms in total. The Morgan fingerprint density at radius 3 is 2.84 bits per heavy atom. The van der Waals surface area contributed by atoms with Crippen molar-refractivity contribution in [2.75, 3.05) is 20.1 Å². The quantitative estimate of drug-likeness (QED) is 0.877. The molecule has 1 saturated heterocycles. The van der Waals surface area contributed by atoms with Crippen LogP contribution in [0.2, 0.25) is 0 Å². The lowest BCUT2D eigenvalue weighted by Crippen LogP contribution is -2.14. The van der Waals surface area contributed by atoms with Crippen molar-refractivity contribution in [2.45, 2.75) is 12.3 Å². The lowest BCUT2D eigenvalue weighted by atomic mass is 10.1. The first kappa shape index (κ1) is 12.2. The van der Waals surface area contributed by atoms with Gasteiger partial charge in [0.2, 0.25) is 0 Å². The van der Waals surface area contributed by atoms with Gasteiger partial charge in [-0.05, 0) is 32.1 Å². The molecule has 0 aliphatic carbocycles. The van der Waals surface area contributed by atoms with Gasteiger partial charge in [-0.25, -0.2) is 4.98 Å². The van der Waals surface area contributed by atoms with Gasteiger partial charge in [-0.1, -0.05) is 6.07 Å². The van der Waals surface area contributed by atoms with Crippen molar-refractivity contribution < 1.29 is 4.79 Å². The summed E-state index contributed by atoms with van der Waals surface area (Å²) in [5.74, 6) is 1.06. The molecule has 5 heteroatoms. The van der Waals surface area contributed by atoms with Crippen molar-refractivity contribution in [3.8, 4) is 0 Å². The van der Waals surface area contributed by atoms with Crippen molar-refractivity contribution in [3.63, 3.8) is 0 Å². The molecule has 0 spiro atoms. The van der Waals surface area contributed by atoms with E-state index in [1.54, 1.807) is 6.07 Å². The van der Waals surface area contributed by atoms with Crippen LogP contribution >= 0.6 is 0 Å². The largest absolute Gasteiger partial charge is 0.366 e. The number of primary amides is 1. The van der Waals surface area contributed by atoms with E-state index in [-0.39, 0.29) is 0 Å². The van der Waals surface area contributed by atoms with E-state index >= 15 is 0 Å². The van der Waals surface area contributed by atoms with E-state index < -0.39 is 5.91 Å². The second kappa shape index (κ2) is 4.35. The van der Waals surface area contributed by atoms with Crippen LogP contribution in [0.4, 0.5) is 0 Å². The van der Waals surface area contributed by atoms with Gasteiger partial charge >= 0.3 is 0 Å². The summed E-state index contributed by atoms with van der Waals surface area (Å²) >= 11 is 0. The van der Waals surface area contributed by atoms with Gasteiger partial charge in [-0.15, -0.1) is 0 Å². The Morgan fingerprint density at radius 1 is 1.42 bits per heavy atom. The fourth-order valence-corrected chi connectivity index (χ4v) is 2.94. The maximum atomic E-state index is 11.5. The summed E-state index contributed by atoms with van der Waals surface area (Å²) < 4.78 is 2.09. The molecule has 1 fully saturated rings. The number of hydrogen-bond acceptors (Lipinski definition) is 3. The molecule has 0 saturated carbocycles. The Labute approximate surface area is 112 Å². The molecule has 1 amide bonds. The normalized spacial score (nSPS) is 20.2. The summed E-state index contributed by atoms with van der Waals surface area (Å²) in [6, 6.07) is 5.58. The van der Waals surface area contributed by atoms with Gasteiger partial charge in [-0.3, -0.25) is 4.79 Å². The average Bonchev–Trinajstić information content (AvgIpc) is 2.93. The van der Waals surface area contributed by atoms with Gasteiger partial charge in [0, 0.05) is 19.5 Å². The molecular formula is C14H18N4O. The fourth-order valence-electron chi connectivity index (χ4n) is 2.94. The first-order chi connectivity index (χ1) is 9.08. The second-order valence-corrected chi connectivity index (χ2v) is 5.31. The number of nitrogens with two attached hydrogens (primary N) is 1. The van der Waals surface area contributed by atoms with E-state index in [0.29, 0.717) is 11.5 Å². The number of fused-ring (bicyclic) bond motifs is 1. The van der Waals surface area contributed by atoms with Gasteiger partial charge < -0.3 is 15.2 Å². The van der Waals surface area contributed by atoms with Crippen molar-refractivity contribution >= 4 is 16.9 Å². The summed E-state index contributed by atoms with van der Waals surface area (Å²) in [5, 5.41) is 0. The molecule has 1 aromatic heterocycles. The van der Waals surface area contributed by atoms with E-state index in [0.717, 1.165) is 36.4 Å². The zero-order valence-electron chi connectivity index (χ0n) is 11.3. The fraction of sp³-hybridized carbons (Fsp3) is 0.429. The molecule has 1 unspecified atom stereocenters. The molecule has 2 aromatic rings. The van der Waals surface area contributed by atoms with Crippen LogP contribution in [0.5, 0.6) is 0 Å². The molecule has 100 valence electrons. The first-order valence-electron chi connectivity index (χ1n) is 6.51. The summed E-state index contributed by atoms with van der Waals surface area (Å²) in [4.78, 5) is 18.5. The number of nitrogens with zero attached hydrogens (tertiary/aromatic N) is 3. The Balaban J connectivity index is 2.14. The predicted molar refractivity (Wildman–Crippen MR) is 74.1 cm³/mol. The van der Waals surface area contributed by atoms with E-state index in [1.165, 1.54) is 0 Å². The van der Waals surface area contributed by atoms with E-state index in [4.69, 9.17) is 5.73 Å². The third kappa shape index (κ3) is 1.90. The third-order valence-electron chi connectivity index (χ3n) is 3.97. The van der Waals surface area contributed by atoms with Crippen LogP contribution in [-0.4, -0.2) is 40.5 Å². The number of amides is 1. The zero-order valence-corrected chi connectivity index (χ0v) is 11.3. The van der Waals surface area contributed by atoms with Crippen molar-refractivity contribution in [1.29, 1.82) is 0 Å². The van der Waals surface area contributed by atoms with Gasteiger partial charge in [0.25, 0.3) is 5.91 Å². The number of imidazole rings is 1. The van der Waals surface area contributed by atoms with Gasteiger partial charge in [0.15, 0.2) is 0 Å². The van der Waals surface area contributed by atoms with Crippen molar-refractivity contribution in [1.82, 2.24) is 14.5 Å². The number of carbonyl (C=O) groups is 1. The zero-order chi connectivity index (χ0) is 13.6. The number of rotatable bonds is 2. The van der Waals surface area contributed by atoms with Gasteiger partial charge in [0.1, 0.15) is 11.3 Å². The number of likely N-dealkylation sites (N-methyl/N-ethyl adjacent to an activating group) is 1. The van der Waals surface area contributed by atoms with Gasteiger partial charge in [-0.2, -0.15) is 0 Å². The highest BCUT2D eigenvalue weighted by molar-refractivity contribution is 6.04. The molecule has 1 aromatic carbocycles. The average molecular weight is 258 g/mol. The number of hydrogen-bond donors (Lipinski definition) is 1. The topological polar surface area (TPSA) is 64.2 Å². The number of para-hydroxylation sites is 1.